The lowest BCUT2D eigenvalue weighted by Crippen LogP contribution is -2.30. The summed E-state index contributed by atoms with van der Waals surface area (Å²) in [5.41, 5.74) is -0.655. The minimum absolute atomic E-state index is 0.0846. The summed E-state index contributed by atoms with van der Waals surface area (Å²) < 4.78 is 44.7. The Morgan fingerprint density at radius 2 is 1.72 bits per heavy atom. The lowest BCUT2D eigenvalue weighted by Gasteiger charge is -2.18. The van der Waals surface area contributed by atoms with Crippen molar-refractivity contribution >= 4 is 29.6 Å². The van der Waals surface area contributed by atoms with Crippen LogP contribution in [-0.2, 0) is 15.8 Å². The number of benzene rings is 1. The number of halogens is 4. The van der Waals surface area contributed by atoms with Gasteiger partial charge in [0.1, 0.15) is 11.5 Å². The van der Waals surface area contributed by atoms with Crippen LogP contribution in [0, 0.1) is 29.1 Å². The SMILES string of the molecule is O=C1[C@@H]2[C@@H](C(=O)N1/N=C\c1ccc(-c3cc(C(F)(F)F)ccc3Cl)o1)[C@H]1C=C[C@H]2C12CC2. The van der Waals surface area contributed by atoms with Gasteiger partial charge in [0, 0.05) is 5.56 Å². The Balaban J connectivity index is 1.24. The number of alkyl halides is 3. The van der Waals surface area contributed by atoms with E-state index in [1.165, 1.54) is 18.3 Å². The molecule has 1 saturated heterocycles. The molecule has 9 heteroatoms. The number of carbonyl (C=O) groups is 2. The highest BCUT2D eigenvalue weighted by molar-refractivity contribution is 6.33. The largest absolute Gasteiger partial charge is 0.455 e. The van der Waals surface area contributed by atoms with Gasteiger partial charge in [0.15, 0.2) is 0 Å². The van der Waals surface area contributed by atoms with Crippen molar-refractivity contribution in [2.45, 2.75) is 19.0 Å². The highest BCUT2D eigenvalue weighted by Crippen LogP contribution is 2.73. The Bertz CT molecular complexity index is 1190. The third kappa shape index (κ3) is 2.62. The molecule has 3 aliphatic carbocycles. The van der Waals surface area contributed by atoms with Crippen LogP contribution in [0.1, 0.15) is 24.2 Å². The maximum Gasteiger partial charge on any atom is 0.416 e. The molecule has 1 aromatic carbocycles. The summed E-state index contributed by atoms with van der Waals surface area (Å²) in [7, 11) is 0. The zero-order valence-electron chi connectivity index (χ0n) is 16.5. The van der Waals surface area contributed by atoms with Crippen molar-refractivity contribution in [2.24, 2.45) is 34.2 Å². The predicted octanol–water partition coefficient (Wildman–Crippen LogP) is 5.15. The van der Waals surface area contributed by atoms with Gasteiger partial charge in [-0.3, -0.25) is 9.59 Å². The van der Waals surface area contributed by atoms with Crippen LogP contribution in [0.4, 0.5) is 13.2 Å². The van der Waals surface area contributed by atoms with E-state index in [9.17, 15) is 22.8 Å². The number of rotatable bonds is 3. The summed E-state index contributed by atoms with van der Waals surface area (Å²) in [6.07, 6.45) is 2.98. The number of hydrogen-bond acceptors (Lipinski definition) is 4. The van der Waals surface area contributed by atoms with Crippen LogP contribution < -0.4 is 0 Å². The number of furan rings is 1. The molecule has 5 nitrogen and oxygen atoms in total. The first-order chi connectivity index (χ1) is 15.2. The Morgan fingerprint density at radius 3 is 2.31 bits per heavy atom. The number of nitrogens with zero attached hydrogens (tertiary/aromatic N) is 2. The lowest BCUT2D eigenvalue weighted by atomic mass is 9.85. The minimum Gasteiger partial charge on any atom is -0.455 e. The first-order valence-corrected chi connectivity index (χ1v) is 10.7. The second-order valence-corrected chi connectivity index (χ2v) is 9.26. The zero-order valence-corrected chi connectivity index (χ0v) is 17.2. The number of hydrogen-bond donors (Lipinski definition) is 0. The molecule has 2 amide bonds. The smallest absolute Gasteiger partial charge is 0.416 e. The van der Waals surface area contributed by atoms with E-state index < -0.39 is 11.7 Å². The molecule has 4 aliphatic rings. The van der Waals surface area contributed by atoms with Crippen LogP contribution in [0.25, 0.3) is 11.3 Å². The lowest BCUT2D eigenvalue weighted by molar-refractivity contribution is -0.141. The molecule has 164 valence electrons. The van der Waals surface area contributed by atoms with Gasteiger partial charge in [0.25, 0.3) is 11.8 Å². The number of hydrazone groups is 1. The van der Waals surface area contributed by atoms with Crippen molar-refractivity contribution < 1.29 is 27.2 Å². The van der Waals surface area contributed by atoms with Gasteiger partial charge in [-0.25, -0.2) is 0 Å². The fraction of sp³-hybridized carbons (Fsp3) is 0.348. The summed E-state index contributed by atoms with van der Waals surface area (Å²) in [5, 5.41) is 5.08. The van der Waals surface area contributed by atoms with Crippen LogP contribution in [0.15, 0.2) is 52.0 Å². The first kappa shape index (κ1) is 19.8. The van der Waals surface area contributed by atoms with Gasteiger partial charge in [-0.05, 0) is 60.4 Å². The standard InChI is InChI=1S/C23H16ClF3N2O3/c24-16-5-1-11(23(25,26)27)9-13(16)17-6-2-12(32-17)10-28-29-20(30)18-14-3-4-15(19(18)21(29)31)22(14)7-8-22/h1-6,9-10,14-15,18-19H,7-8H2/b28-10-/t14-,15-,18+,19+/m1/s1. The normalized spacial score (nSPS) is 29.7. The van der Waals surface area contributed by atoms with Gasteiger partial charge >= 0.3 is 6.18 Å². The fourth-order valence-electron chi connectivity index (χ4n) is 5.75. The highest BCUT2D eigenvalue weighted by Gasteiger charge is 2.73. The summed E-state index contributed by atoms with van der Waals surface area (Å²) in [4.78, 5) is 25.9. The van der Waals surface area contributed by atoms with Gasteiger partial charge in [0.05, 0.1) is 28.6 Å². The van der Waals surface area contributed by atoms with Crippen molar-refractivity contribution in [1.82, 2.24) is 5.01 Å². The van der Waals surface area contributed by atoms with Crippen LogP contribution in [-0.4, -0.2) is 23.0 Å². The molecule has 6 rings (SSSR count). The minimum atomic E-state index is -4.52. The molecule has 3 fully saturated rings. The molecule has 0 radical (unpaired) electrons. The fourth-order valence-corrected chi connectivity index (χ4v) is 5.96. The van der Waals surface area contributed by atoms with E-state index in [2.05, 4.69) is 17.3 Å². The van der Waals surface area contributed by atoms with Crippen LogP contribution >= 0.6 is 11.6 Å². The highest BCUT2D eigenvalue weighted by atomic mass is 35.5. The quantitative estimate of drug-likeness (QED) is 0.361. The Hall–Kier alpha value is -2.87. The average molecular weight is 461 g/mol. The monoisotopic (exact) mass is 460 g/mol. The van der Waals surface area contributed by atoms with E-state index in [1.54, 1.807) is 0 Å². The van der Waals surface area contributed by atoms with Gasteiger partial charge in [-0.1, -0.05) is 23.8 Å². The van der Waals surface area contributed by atoms with E-state index in [1.807, 2.05) is 0 Å². The van der Waals surface area contributed by atoms with Crippen LogP contribution in [0.5, 0.6) is 0 Å². The van der Waals surface area contributed by atoms with Crippen molar-refractivity contribution in [3.8, 4) is 11.3 Å². The molecule has 2 heterocycles. The maximum atomic E-state index is 13.0. The molecule has 2 saturated carbocycles. The number of carbonyl (C=O) groups excluding carboxylic acids is 2. The van der Waals surface area contributed by atoms with Crippen LogP contribution in [0.2, 0.25) is 5.02 Å². The molecule has 2 bridgehead atoms. The van der Waals surface area contributed by atoms with E-state index in [4.69, 9.17) is 16.0 Å². The van der Waals surface area contributed by atoms with E-state index >= 15 is 0 Å². The topological polar surface area (TPSA) is 62.9 Å². The Kier molecular flexibility index (Phi) is 3.92. The van der Waals surface area contributed by atoms with Crippen molar-refractivity contribution in [2.75, 3.05) is 0 Å². The Morgan fingerprint density at radius 1 is 1.06 bits per heavy atom. The van der Waals surface area contributed by atoms with Crippen molar-refractivity contribution in [3.63, 3.8) is 0 Å². The van der Waals surface area contributed by atoms with Gasteiger partial charge in [-0.15, -0.1) is 0 Å². The van der Waals surface area contributed by atoms with Gasteiger partial charge in [-0.2, -0.15) is 23.3 Å². The molecule has 4 atom stereocenters. The van der Waals surface area contributed by atoms with Crippen molar-refractivity contribution in [1.29, 1.82) is 0 Å². The average Bonchev–Trinajstić information content (AvgIpc) is 3.03. The molecule has 1 aromatic heterocycles. The Labute approximate surface area is 185 Å². The molecule has 1 aliphatic heterocycles. The summed E-state index contributed by atoms with van der Waals surface area (Å²) in [5.74, 6) is -0.789. The molecular formula is C23H16ClF3N2O3. The van der Waals surface area contributed by atoms with Crippen molar-refractivity contribution in [3.05, 3.63) is 58.8 Å². The number of fused-ring (bicyclic) bond motifs is 3. The third-order valence-corrected chi connectivity index (χ3v) is 7.65. The zero-order chi connectivity index (χ0) is 22.4. The third-order valence-electron chi connectivity index (χ3n) is 7.32. The van der Waals surface area contributed by atoms with Crippen LogP contribution in [0.3, 0.4) is 0 Å². The molecule has 0 unspecified atom stereocenters. The van der Waals surface area contributed by atoms with E-state index in [-0.39, 0.29) is 63.0 Å². The number of amides is 2. The van der Waals surface area contributed by atoms with E-state index in [0.717, 1.165) is 36.0 Å². The molecular weight excluding hydrogens is 445 g/mol. The number of allylic oxidation sites excluding steroid dienone is 2. The second kappa shape index (κ2) is 6.34. The second-order valence-electron chi connectivity index (χ2n) is 8.85. The summed E-state index contributed by atoms with van der Waals surface area (Å²) >= 11 is 6.06. The van der Waals surface area contributed by atoms with Gasteiger partial charge in [0.2, 0.25) is 0 Å². The molecule has 1 spiro atoms. The number of imide groups is 1. The summed E-state index contributed by atoms with van der Waals surface area (Å²) in [6, 6.07) is 5.92. The molecule has 32 heavy (non-hydrogen) atoms. The van der Waals surface area contributed by atoms with Gasteiger partial charge < -0.3 is 4.42 Å². The molecule has 0 N–H and O–H groups in total. The predicted molar refractivity (Wildman–Crippen MR) is 108 cm³/mol. The molecule has 2 aromatic rings. The first-order valence-electron chi connectivity index (χ1n) is 10.3. The maximum absolute atomic E-state index is 13.0. The summed E-state index contributed by atoms with van der Waals surface area (Å²) in [6.45, 7) is 0. The van der Waals surface area contributed by atoms with E-state index in [0.29, 0.717) is 0 Å².